The maximum atomic E-state index is 11.6. The molecule has 4 nitrogen and oxygen atoms in total. The molecule has 0 aliphatic carbocycles. The van der Waals surface area contributed by atoms with Crippen LogP contribution in [0.3, 0.4) is 0 Å². The van der Waals surface area contributed by atoms with Gasteiger partial charge in [-0.2, -0.15) is 0 Å². The minimum atomic E-state index is -0.419. The third-order valence-electron chi connectivity index (χ3n) is 2.31. The fourth-order valence-electron chi connectivity index (χ4n) is 1.40. The number of hydrogen-bond acceptors (Lipinski definition) is 2. The summed E-state index contributed by atoms with van der Waals surface area (Å²) >= 11 is 3.34. The molecule has 1 atom stereocenters. The number of carbonyl (C=O) groups is 2. The van der Waals surface area contributed by atoms with E-state index >= 15 is 0 Å². The van der Waals surface area contributed by atoms with Crippen LogP contribution in [-0.2, 0) is 4.79 Å². The number of hydrogen-bond donors (Lipinski definition) is 0. The molecular weight excluding hydrogens is 260 g/mol. The number of rotatable bonds is 5. The molecule has 84 valence electrons. The lowest BCUT2D eigenvalue weighted by molar-refractivity contribution is -0.130. The lowest BCUT2D eigenvalue weighted by Crippen LogP contribution is -2.42. The standard InChI is InChI=1S/C10H15BrN2O2/c1-8-7-12-10(15)13(9(8)14)6-4-2-3-5-11/h7-8H,2-6H2,1H3. The Kier molecular flexibility index (Phi) is 4.94. The first-order valence-electron chi connectivity index (χ1n) is 5.12. The van der Waals surface area contributed by atoms with E-state index in [1.807, 2.05) is 0 Å². The van der Waals surface area contributed by atoms with Crippen molar-refractivity contribution in [3.05, 3.63) is 0 Å². The summed E-state index contributed by atoms with van der Waals surface area (Å²) in [6.45, 7) is 2.25. The summed E-state index contributed by atoms with van der Waals surface area (Å²) in [5, 5.41) is 0.962. The molecule has 0 radical (unpaired) electrons. The monoisotopic (exact) mass is 274 g/mol. The Labute approximate surface area is 97.9 Å². The van der Waals surface area contributed by atoms with Crippen LogP contribution >= 0.6 is 15.9 Å². The van der Waals surface area contributed by atoms with Gasteiger partial charge in [0.05, 0.1) is 5.92 Å². The zero-order valence-corrected chi connectivity index (χ0v) is 10.4. The van der Waals surface area contributed by atoms with E-state index in [1.54, 1.807) is 6.92 Å². The number of halogens is 1. The number of alkyl halides is 1. The molecule has 1 rings (SSSR count). The number of urea groups is 1. The van der Waals surface area contributed by atoms with E-state index in [-0.39, 0.29) is 11.8 Å². The highest BCUT2D eigenvalue weighted by molar-refractivity contribution is 9.09. The first kappa shape index (κ1) is 12.4. The van der Waals surface area contributed by atoms with E-state index in [0.717, 1.165) is 24.6 Å². The maximum Gasteiger partial charge on any atom is 0.349 e. The second-order valence-corrected chi connectivity index (χ2v) is 4.38. The van der Waals surface area contributed by atoms with Crippen molar-refractivity contribution in [2.24, 2.45) is 10.9 Å². The van der Waals surface area contributed by atoms with Crippen molar-refractivity contribution in [1.82, 2.24) is 4.90 Å². The van der Waals surface area contributed by atoms with Gasteiger partial charge in [-0.3, -0.25) is 9.69 Å². The fraction of sp³-hybridized carbons (Fsp3) is 0.700. The molecule has 1 unspecified atom stereocenters. The van der Waals surface area contributed by atoms with E-state index < -0.39 is 6.03 Å². The zero-order valence-electron chi connectivity index (χ0n) is 8.78. The van der Waals surface area contributed by atoms with Gasteiger partial charge < -0.3 is 0 Å². The van der Waals surface area contributed by atoms with Crippen LogP contribution in [0.4, 0.5) is 4.79 Å². The van der Waals surface area contributed by atoms with Crippen molar-refractivity contribution >= 4 is 34.1 Å². The lowest BCUT2D eigenvalue weighted by atomic mass is 10.1. The molecule has 0 aromatic rings. The molecular formula is C10H15BrN2O2. The molecule has 0 N–H and O–H groups in total. The average molecular weight is 275 g/mol. The molecule has 0 bridgehead atoms. The SMILES string of the molecule is CC1C=NC(=O)N(CCCCCBr)C1=O. The van der Waals surface area contributed by atoms with Crippen molar-refractivity contribution in [2.75, 3.05) is 11.9 Å². The molecule has 0 spiro atoms. The number of nitrogens with zero attached hydrogens (tertiary/aromatic N) is 2. The van der Waals surface area contributed by atoms with Crippen LogP contribution < -0.4 is 0 Å². The lowest BCUT2D eigenvalue weighted by Gasteiger charge is -2.23. The number of imide groups is 1. The smallest absolute Gasteiger partial charge is 0.274 e. The molecule has 1 aliphatic heterocycles. The molecule has 0 aromatic carbocycles. The van der Waals surface area contributed by atoms with E-state index in [0.29, 0.717) is 6.54 Å². The van der Waals surface area contributed by atoms with Gasteiger partial charge in [0.2, 0.25) is 5.91 Å². The summed E-state index contributed by atoms with van der Waals surface area (Å²) in [7, 11) is 0. The Morgan fingerprint density at radius 1 is 1.40 bits per heavy atom. The Morgan fingerprint density at radius 3 is 2.80 bits per heavy atom. The van der Waals surface area contributed by atoms with Gasteiger partial charge in [0.15, 0.2) is 0 Å². The first-order valence-corrected chi connectivity index (χ1v) is 6.24. The largest absolute Gasteiger partial charge is 0.349 e. The average Bonchev–Trinajstić information content (AvgIpc) is 2.23. The summed E-state index contributed by atoms with van der Waals surface area (Å²) < 4.78 is 0. The summed E-state index contributed by atoms with van der Waals surface area (Å²) in [4.78, 5) is 27.8. The Morgan fingerprint density at radius 2 is 2.13 bits per heavy atom. The molecule has 3 amide bonds. The van der Waals surface area contributed by atoms with E-state index in [1.165, 1.54) is 11.1 Å². The second kappa shape index (κ2) is 6.00. The van der Waals surface area contributed by atoms with Gasteiger partial charge in [-0.1, -0.05) is 22.4 Å². The minimum absolute atomic E-state index is 0.131. The quantitative estimate of drug-likeness (QED) is 0.570. The molecule has 1 heterocycles. The summed E-state index contributed by atoms with van der Waals surface area (Å²) in [6, 6.07) is -0.419. The van der Waals surface area contributed by atoms with Gasteiger partial charge in [-0.25, -0.2) is 9.79 Å². The van der Waals surface area contributed by atoms with Gasteiger partial charge in [-0.05, 0) is 19.8 Å². The number of unbranched alkanes of at least 4 members (excludes halogenated alkanes) is 2. The Bertz CT molecular complexity index is 279. The molecule has 15 heavy (non-hydrogen) atoms. The first-order chi connectivity index (χ1) is 7.16. The van der Waals surface area contributed by atoms with Crippen molar-refractivity contribution < 1.29 is 9.59 Å². The van der Waals surface area contributed by atoms with E-state index in [2.05, 4.69) is 20.9 Å². The third-order valence-corrected chi connectivity index (χ3v) is 2.87. The number of aliphatic imine (C=N–C) groups is 1. The molecule has 0 aromatic heterocycles. The highest BCUT2D eigenvalue weighted by Crippen LogP contribution is 2.10. The van der Waals surface area contributed by atoms with Crippen LogP contribution in [0.5, 0.6) is 0 Å². The molecule has 0 saturated heterocycles. The van der Waals surface area contributed by atoms with Crippen molar-refractivity contribution in [3.8, 4) is 0 Å². The predicted octanol–water partition coefficient (Wildman–Crippen LogP) is 2.22. The van der Waals surface area contributed by atoms with Crippen LogP contribution in [0.2, 0.25) is 0 Å². The fourth-order valence-corrected chi connectivity index (χ4v) is 1.79. The predicted molar refractivity (Wildman–Crippen MR) is 62.4 cm³/mol. The van der Waals surface area contributed by atoms with Gasteiger partial charge >= 0.3 is 6.03 Å². The highest BCUT2D eigenvalue weighted by atomic mass is 79.9. The summed E-state index contributed by atoms with van der Waals surface area (Å²) in [5.41, 5.74) is 0. The normalized spacial score (nSPS) is 21.2. The van der Waals surface area contributed by atoms with Crippen LogP contribution in [0.15, 0.2) is 4.99 Å². The molecule has 1 aliphatic rings. The highest BCUT2D eigenvalue weighted by Gasteiger charge is 2.28. The number of carbonyl (C=O) groups excluding carboxylic acids is 2. The van der Waals surface area contributed by atoms with Crippen LogP contribution in [0.25, 0.3) is 0 Å². The molecule has 0 fully saturated rings. The molecule has 0 saturated carbocycles. The van der Waals surface area contributed by atoms with Crippen LogP contribution in [0, 0.1) is 5.92 Å². The van der Waals surface area contributed by atoms with E-state index in [4.69, 9.17) is 0 Å². The summed E-state index contributed by atoms with van der Waals surface area (Å²) in [5.74, 6) is -0.396. The van der Waals surface area contributed by atoms with Crippen molar-refractivity contribution in [2.45, 2.75) is 26.2 Å². The molecule has 5 heteroatoms. The third kappa shape index (κ3) is 3.41. The maximum absolute atomic E-state index is 11.6. The second-order valence-electron chi connectivity index (χ2n) is 3.59. The van der Waals surface area contributed by atoms with Crippen molar-refractivity contribution in [1.29, 1.82) is 0 Å². The topological polar surface area (TPSA) is 49.7 Å². The van der Waals surface area contributed by atoms with Gasteiger partial charge in [-0.15, -0.1) is 0 Å². The van der Waals surface area contributed by atoms with E-state index in [9.17, 15) is 9.59 Å². The van der Waals surface area contributed by atoms with Gasteiger partial charge in [0.25, 0.3) is 0 Å². The zero-order chi connectivity index (χ0) is 11.3. The number of amides is 3. The van der Waals surface area contributed by atoms with Gasteiger partial charge in [0, 0.05) is 18.1 Å². The van der Waals surface area contributed by atoms with Gasteiger partial charge in [0.1, 0.15) is 0 Å². The summed E-state index contributed by atoms with van der Waals surface area (Å²) in [6.07, 6.45) is 4.35. The Hall–Kier alpha value is -0.710. The van der Waals surface area contributed by atoms with Crippen LogP contribution in [-0.4, -0.2) is 34.9 Å². The Balaban J connectivity index is 2.42. The minimum Gasteiger partial charge on any atom is -0.274 e. The van der Waals surface area contributed by atoms with Crippen LogP contribution in [0.1, 0.15) is 26.2 Å². The van der Waals surface area contributed by atoms with Crippen molar-refractivity contribution in [3.63, 3.8) is 0 Å².